The Kier molecular flexibility index (Phi) is 8.22. The third-order valence-electron chi connectivity index (χ3n) is 5.49. The predicted octanol–water partition coefficient (Wildman–Crippen LogP) is 2.78. The molecule has 0 unspecified atom stereocenters. The maximum Gasteiger partial charge on any atom is 1.00 e. The van der Waals surface area contributed by atoms with Gasteiger partial charge in [0.05, 0.1) is 0 Å². The fourth-order valence-electron chi connectivity index (χ4n) is 3.89. The van der Waals surface area contributed by atoms with Crippen LogP contribution in [0.1, 0.15) is 37.3 Å². The molecular weight excluding hydrogens is 355 g/mol. The molecule has 0 radical (unpaired) electrons. The first-order valence-corrected chi connectivity index (χ1v) is 10.3. The second-order valence-corrected chi connectivity index (χ2v) is 8.30. The standard InChI is InChI=1S/C23H24N2S.CH3.Li/c1-3-16-13-20(12-15(2)23(16)24)19-5-4-17-6-7-21(26-22(17)14-19)18-8-10-25-11-9-18;;/h2,4-5,7,12-14,18,25H,3,6,8-11H2,1H3;1H3;/q-2;-1;+1. The summed E-state index contributed by atoms with van der Waals surface area (Å²) >= 11 is 1.94. The monoisotopic (exact) mass is 382 g/mol. The molecule has 2 aliphatic heterocycles. The van der Waals surface area contributed by atoms with Crippen molar-refractivity contribution >= 4 is 23.0 Å². The van der Waals surface area contributed by atoms with Crippen molar-refractivity contribution in [2.75, 3.05) is 13.1 Å². The van der Waals surface area contributed by atoms with Crippen molar-refractivity contribution in [3.05, 3.63) is 83.0 Å². The van der Waals surface area contributed by atoms with E-state index in [1.54, 1.807) is 0 Å². The van der Waals surface area contributed by atoms with Crippen LogP contribution < -0.4 is 24.2 Å². The number of thioether (sulfide) groups is 1. The second-order valence-electron chi connectivity index (χ2n) is 7.19. The molecular formula is C24H27LiN2S-2. The Balaban J connectivity index is 0.00000140. The van der Waals surface area contributed by atoms with Crippen molar-refractivity contribution in [2.45, 2.75) is 37.5 Å². The van der Waals surface area contributed by atoms with Crippen LogP contribution in [0.4, 0.5) is 0 Å². The topological polar surface area (TPSA) is 34.3 Å². The number of hydrogen-bond acceptors (Lipinski definition) is 2. The van der Waals surface area contributed by atoms with Gasteiger partial charge in [-0.05, 0) is 66.8 Å². The van der Waals surface area contributed by atoms with Crippen LogP contribution in [0.5, 0.6) is 0 Å². The Bertz CT molecular complexity index is 857. The van der Waals surface area contributed by atoms with E-state index in [2.05, 4.69) is 35.7 Å². The van der Waals surface area contributed by atoms with Crippen molar-refractivity contribution < 1.29 is 18.9 Å². The molecule has 1 N–H and O–H groups in total. The Morgan fingerprint density at radius 1 is 1.21 bits per heavy atom. The average molecular weight is 383 g/mol. The first-order chi connectivity index (χ1) is 12.7. The summed E-state index contributed by atoms with van der Waals surface area (Å²) in [6, 6.07) is 6.70. The van der Waals surface area contributed by atoms with Gasteiger partial charge in [-0.2, -0.15) is 6.08 Å². The molecule has 4 heteroatoms. The average Bonchev–Trinajstić information content (AvgIpc) is 2.69. The second kappa shape index (κ2) is 9.99. The first-order valence-electron chi connectivity index (χ1n) is 9.49. The Morgan fingerprint density at radius 2 is 1.96 bits per heavy atom. The van der Waals surface area contributed by atoms with Crippen LogP contribution in [0.3, 0.4) is 0 Å². The van der Waals surface area contributed by atoms with E-state index in [1.807, 2.05) is 24.8 Å². The molecule has 1 fully saturated rings. The minimum absolute atomic E-state index is 0. The van der Waals surface area contributed by atoms with Gasteiger partial charge in [-0.25, -0.2) is 12.2 Å². The number of nitrogens with zero attached hydrogens (tertiary/aromatic N) is 1. The summed E-state index contributed by atoms with van der Waals surface area (Å²) in [6.45, 7) is 10.3. The zero-order valence-corrected chi connectivity index (χ0v) is 18.0. The fraction of sp³-hybridized carbons (Fsp3) is 0.333. The van der Waals surface area contributed by atoms with Crippen molar-refractivity contribution in [3.8, 4) is 0 Å². The van der Waals surface area contributed by atoms with Gasteiger partial charge in [-0.3, -0.25) is 5.71 Å². The molecule has 1 aromatic rings. The van der Waals surface area contributed by atoms with E-state index in [-0.39, 0.29) is 32.0 Å². The predicted molar refractivity (Wildman–Crippen MR) is 119 cm³/mol. The van der Waals surface area contributed by atoms with Crippen LogP contribution in [0.2, 0.25) is 0 Å². The number of benzene rings is 1. The van der Waals surface area contributed by atoms with Gasteiger partial charge >= 0.3 is 18.9 Å². The smallest absolute Gasteiger partial charge is 0.872 e. The molecule has 1 saturated heterocycles. The largest absolute Gasteiger partial charge is 1.00 e. The molecule has 1 aromatic carbocycles. The molecule has 0 spiro atoms. The Labute approximate surface area is 186 Å². The minimum Gasteiger partial charge on any atom is -0.872 e. The van der Waals surface area contributed by atoms with Crippen molar-refractivity contribution in [2.24, 2.45) is 5.92 Å². The number of allylic oxidation sites excluding steroid dienone is 7. The molecule has 0 atom stereocenters. The van der Waals surface area contributed by atoms with Crippen LogP contribution in [-0.4, -0.2) is 18.8 Å². The third-order valence-corrected chi connectivity index (χ3v) is 6.83. The number of hydrogen-bond donors (Lipinski definition) is 1. The maximum atomic E-state index is 10.1. The SMILES string of the molecule is [CH-]=C1C=C(c2ccc3c(c2)SC(C2CCNCC2)=CC3)C=C(CC)C1=[N-].[CH3-].[Li+]. The molecule has 28 heavy (non-hydrogen) atoms. The van der Waals surface area contributed by atoms with E-state index < -0.39 is 0 Å². The fourth-order valence-corrected chi connectivity index (χ4v) is 5.18. The molecule has 0 amide bonds. The normalized spacial score (nSPS) is 19.5. The van der Waals surface area contributed by atoms with Gasteiger partial charge < -0.3 is 18.2 Å². The summed E-state index contributed by atoms with van der Waals surface area (Å²) in [5.74, 6) is 0.703. The molecule has 4 rings (SSSR count). The van der Waals surface area contributed by atoms with Gasteiger partial charge in [0.15, 0.2) is 0 Å². The number of piperidine rings is 1. The van der Waals surface area contributed by atoms with Gasteiger partial charge in [0.25, 0.3) is 0 Å². The third kappa shape index (κ3) is 4.66. The summed E-state index contributed by atoms with van der Waals surface area (Å²) in [5, 5.41) is 13.6. The van der Waals surface area contributed by atoms with E-state index in [0.29, 0.717) is 11.5 Å². The van der Waals surface area contributed by atoms with Crippen LogP contribution in [0, 0.1) is 19.9 Å². The van der Waals surface area contributed by atoms with Crippen LogP contribution in [-0.2, 0) is 6.42 Å². The molecule has 2 nitrogen and oxygen atoms in total. The van der Waals surface area contributed by atoms with Crippen molar-refractivity contribution in [1.29, 1.82) is 0 Å². The Morgan fingerprint density at radius 3 is 2.68 bits per heavy atom. The summed E-state index contributed by atoms with van der Waals surface area (Å²) in [4.78, 5) is 2.90. The molecule has 0 saturated carbocycles. The number of rotatable bonds is 3. The maximum absolute atomic E-state index is 10.1. The van der Waals surface area contributed by atoms with E-state index in [0.717, 1.165) is 37.1 Å². The summed E-state index contributed by atoms with van der Waals surface area (Å²) in [6.07, 6.45) is 10.6. The van der Waals surface area contributed by atoms with Gasteiger partial charge in [0, 0.05) is 4.90 Å². The van der Waals surface area contributed by atoms with E-state index in [9.17, 15) is 5.41 Å². The van der Waals surface area contributed by atoms with Crippen LogP contribution in [0.25, 0.3) is 11.0 Å². The molecule has 1 aliphatic carbocycles. The zero-order chi connectivity index (χ0) is 18.1. The van der Waals surface area contributed by atoms with Crippen molar-refractivity contribution in [3.63, 3.8) is 0 Å². The summed E-state index contributed by atoms with van der Waals surface area (Å²) in [5.41, 5.74) is 5.24. The zero-order valence-electron chi connectivity index (χ0n) is 17.2. The molecule has 142 valence electrons. The summed E-state index contributed by atoms with van der Waals surface area (Å²) < 4.78 is 0. The minimum atomic E-state index is 0. The summed E-state index contributed by atoms with van der Waals surface area (Å²) in [7, 11) is 0. The van der Waals surface area contributed by atoms with E-state index in [4.69, 9.17) is 6.58 Å². The van der Waals surface area contributed by atoms with E-state index in [1.165, 1.54) is 33.8 Å². The van der Waals surface area contributed by atoms with Crippen LogP contribution >= 0.6 is 11.8 Å². The van der Waals surface area contributed by atoms with Gasteiger partial charge in [-0.1, -0.05) is 48.5 Å². The van der Waals surface area contributed by atoms with Gasteiger partial charge in [-0.15, -0.1) is 5.57 Å². The van der Waals surface area contributed by atoms with Gasteiger partial charge in [0.2, 0.25) is 0 Å². The number of nitrogens with one attached hydrogen (secondary N) is 1. The van der Waals surface area contributed by atoms with Gasteiger partial charge in [0.1, 0.15) is 0 Å². The van der Waals surface area contributed by atoms with Crippen LogP contribution in [0.15, 0.2) is 57.4 Å². The molecule has 0 aromatic heterocycles. The van der Waals surface area contributed by atoms with Crippen molar-refractivity contribution in [1.82, 2.24) is 5.32 Å². The molecule has 2 heterocycles. The quantitative estimate of drug-likeness (QED) is 0.644. The number of fused-ring (bicyclic) bond motifs is 1. The van der Waals surface area contributed by atoms with E-state index >= 15 is 0 Å². The first kappa shape index (κ1) is 23.0. The molecule has 3 aliphatic rings. The molecule has 0 bridgehead atoms. The Hall–Kier alpha value is -1.24.